The molecule has 0 atom stereocenters. The van der Waals surface area contributed by atoms with E-state index in [2.05, 4.69) is 0 Å². The maximum Gasteiger partial charge on any atom is 0.269 e. The number of thiazole rings is 1. The molecule has 1 aromatic heterocycles. The average molecular weight is 299 g/mol. The largest absolute Gasteiger partial charge is 0.298 e. The number of aromatic nitrogens is 1. The molecular weight excluding hydrogens is 289 g/mol. The molecule has 1 aromatic carbocycles. The predicted molar refractivity (Wildman–Crippen MR) is 78.1 cm³/mol. The molecule has 0 N–H and O–H groups in total. The molecule has 6 heteroatoms. The fourth-order valence-electron chi connectivity index (χ4n) is 1.82. The SMILES string of the molecule is CCn1c(=C(C#N)C#N)s/c(=C/c2ccc(F)cc2)c1=O. The molecule has 0 fully saturated rings. The van der Waals surface area contributed by atoms with E-state index < -0.39 is 0 Å². The van der Waals surface area contributed by atoms with E-state index in [0.29, 0.717) is 21.3 Å². The monoisotopic (exact) mass is 299 g/mol. The van der Waals surface area contributed by atoms with Crippen molar-refractivity contribution in [3.05, 3.63) is 55.2 Å². The van der Waals surface area contributed by atoms with Crippen LogP contribution in [0.5, 0.6) is 0 Å². The van der Waals surface area contributed by atoms with Crippen LogP contribution in [0.3, 0.4) is 0 Å². The first-order valence-electron chi connectivity index (χ1n) is 6.12. The summed E-state index contributed by atoms with van der Waals surface area (Å²) < 4.78 is 15.0. The number of rotatable bonds is 2. The first-order valence-corrected chi connectivity index (χ1v) is 6.93. The first kappa shape index (κ1) is 14.7. The number of halogens is 1. The van der Waals surface area contributed by atoms with Crippen LogP contribution in [0.25, 0.3) is 11.6 Å². The second-order valence-corrected chi connectivity index (χ2v) is 5.15. The minimum Gasteiger partial charge on any atom is -0.298 e. The van der Waals surface area contributed by atoms with Crippen LogP contribution in [0, 0.1) is 28.5 Å². The Labute approximate surface area is 123 Å². The molecule has 0 unspecified atom stereocenters. The zero-order chi connectivity index (χ0) is 15.4. The number of hydrogen-bond donors (Lipinski definition) is 0. The standard InChI is InChI=1S/C15H10FN3OS/c1-2-19-14(20)13(21-15(19)11(8-17)9-18)7-10-3-5-12(16)6-4-10/h3-7H,2H2,1H3/b13-7+. The lowest BCUT2D eigenvalue weighted by atomic mass is 10.2. The van der Waals surface area contributed by atoms with E-state index >= 15 is 0 Å². The van der Waals surface area contributed by atoms with E-state index in [4.69, 9.17) is 10.5 Å². The molecule has 0 aliphatic carbocycles. The smallest absolute Gasteiger partial charge is 0.269 e. The zero-order valence-electron chi connectivity index (χ0n) is 11.1. The Morgan fingerprint density at radius 3 is 2.48 bits per heavy atom. The van der Waals surface area contributed by atoms with Crippen LogP contribution in [-0.2, 0) is 6.54 Å². The van der Waals surface area contributed by atoms with Crippen molar-refractivity contribution >= 4 is 23.0 Å². The van der Waals surface area contributed by atoms with Gasteiger partial charge in [-0.05, 0) is 30.7 Å². The molecule has 2 aromatic rings. The summed E-state index contributed by atoms with van der Waals surface area (Å²) in [4.78, 5) is 12.3. The summed E-state index contributed by atoms with van der Waals surface area (Å²) in [6.07, 6.45) is 1.62. The van der Waals surface area contributed by atoms with Crippen LogP contribution in [0.15, 0.2) is 29.1 Å². The molecule has 0 saturated carbocycles. The van der Waals surface area contributed by atoms with Crippen molar-refractivity contribution < 1.29 is 4.39 Å². The molecule has 0 aliphatic rings. The van der Waals surface area contributed by atoms with E-state index in [-0.39, 0.29) is 16.9 Å². The van der Waals surface area contributed by atoms with Crippen molar-refractivity contribution in [2.45, 2.75) is 13.5 Å². The highest BCUT2D eigenvalue weighted by Crippen LogP contribution is 2.03. The van der Waals surface area contributed by atoms with Gasteiger partial charge in [-0.3, -0.25) is 9.36 Å². The van der Waals surface area contributed by atoms with E-state index in [1.807, 2.05) is 0 Å². The first-order chi connectivity index (χ1) is 10.1. The van der Waals surface area contributed by atoms with Crippen LogP contribution in [-0.4, -0.2) is 4.57 Å². The number of nitrogens with zero attached hydrogens (tertiary/aromatic N) is 3. The summed E-state index contributed by atoms with van der Waals surface area (Å²) in [5.41, 5.74) is 0.336. The minimum absolute atomic E-state index is 0.0855. The second-order valence-electron chi connectivity index (χ2n) is 4.12. The normalized spacial score (nSPS) is 11.0. The fraction of sp³-hybridized carbons (Fsp3) is 0.133. The molecule has 104 valence electrons. The van der Waals surface area contributed by atoms with Gasteiger partial charge in [0, 0.05) is 6.54 Å². The number of benzene rings is 1. The highest BCUT2D eigenvalue weighted by atomic mass is 32.1. The summed E-state index contributed by atoms with van der Waals surface area (Å²) in [7, 11) is 0. The molecule has 4 nitrogen and oxygen atoms in total. The molecular formula is C15H10FN3OS. The molecule has 0 amide bonds. The Bertz CT molecular complexity index is 908. The van der Waals surface area contributed by atoms with Crippen molar-refractivity contribution in [1.82, 2.24) is 4.57 Å². The minimum atomic E-state index is -0.352. The van der Waals surface area contributed by atoms with Gasteiger partial charge in [-0.15, -0.1) is 11.3 Å². The number of nitriles is 2. The lowest BCUT2D eigenvalue weighted by Crippen LogP contribution is -2.31. The van der Waals surface area contributed by atoms with Gasteiger partial charge in [0.05, 0.1) is 4.53 Å². The van der Waals surface area contributed by atoms with Crippen molar-refractivity contribution in [2.75, 3.05) is 0 Å². The number of hydrogen-bond acceptors (Lipinski definition) is 4. The molecule has 0 radical (unpaired) electrons. The van der Waals surface area contributed by atoms with E-state index in [1.165, 1.54) is 16.7 Å². The van der Waals surface area contributed by atoms with Gasteiger partial charge in [-0.25, -0.2) is 4.39 Å². The third kappa shape index (κ3) is 2.91. The summed E-state index contributed by atoms with van der Waals surface area (Å²) >= 11 is 1.09. The van der Waals surface area contributed by atoms with Gasteiger partial charge in [0.25, 0.3) is 5.56 Å². The Kier molecular flexibility index (Phi) is 4.32. The van der Waals surface area contributed by atoms with E-state index in [9.17, 15) is 9.18 Å². The quantitative estimate of drug-likeness (QED) is 0.833. The maximum atomic E-state index is 12.9. The second kappa shape index (κ2) is 6.17. The van der Waals surface area contributed by atoms with Crippen molar-refractivity contribution in [1.29, 1.82) is 10.5 Å². The Hall–Kier alpha value is -2.70. The lowest BCUT2D eigenvalue weighted by Gasteiger charge is -1.93. The maximum absolute atomic E-state index is 12.9. The van der Waals surface area contributed by atoms with Crippen molar-refractivity contribution in [2.24, 2.45) is 0 Å². The van der Waals surface area contributed by atoms with Crippen molar-refractivity contribution in [3.8, 4) is 12.1 Å². The average Bonchev–Trinajstić information content (AvgIpc) is 2.79. The third-order valence-electron chi connectivity index (χ3n) is 2.83. The molecule has 0 aliphatic heterocycles. The molecule has 21 heavy (non-hydrogen) atoms. The van der Waals surface area contributed by atoms with Crippen LogP contribution in [0.2, 0.25) is 0 Å². The van der Waals surface area contributed by atoms with E-state index in [0.717, 1.165) is 11.3 Å². The molecule has 2 rings (SSSR count). The Balaban J connectivity index is 2.77. The molecule has 0 spiro atoms. The van der Waals surface area contributed by atoms with Crippen LogP contribution in [0.4, 0.5) is 4.39 Å². The van der Waals surface area contributed by atoms with Gasteiger partial charge in [0.15, 0.2) is 5.57 Å². The van der Waals surface area contributed by atoms with Gasteiger partial charge in [0.2, 0.25) is 0 Å². The van der Waals surface area contributed by atoms with Crippen LogP contribution >= 0.6 is 11.3 Å². The topological polar surface area (TPSA) is 69.6 Å². The van der Waals surface area contributed by atoms with Gasteiger partial charge >= 0.3 is 0 Å². The Morgan fingerprint density at radius 2 is 1.95 bits per heavy atom. The van der Waals surface area contributed by atoms with Crippen LogP contribution in [0.1, 0.15) is 12.5 Å². The summed E-state index contributed by atoms with van der Waals surface area (Å²) in [6, 6.07) is 9.33. The van der Waals surface area contributed by atoms with Gasteiger partial charge in [-0.1, -0.05) is 12.1 Å². The Morgan fingerprint density at radius 1 is 1.33 bits per heavy atom. The lowest BCUT2D eigenvalue weighted by molar-refractivity contribution is 0.628. The van der Waals surface area contributed by atoms with Gasteiger partial charge in [0.1, 0.15) is 22.6 Å². The highest BCUT2D eigenvalue weighted by Gasteiger charge is 2.07. The summed E-state index contributed by atoms with van der Waals surface area (Å²) in [5, 5.41) is 17.9. The zero-order valence-corrected chi connectivity index (χ0v) is 11.9. The van der Waals surface area contributed by atoms with Gasteiger partial charge in [-0.2, -0.15) is 10.5 Å². The molecule has 1 heterocycles. The predicted octanol–water partition coefficient (Wildman–Crippen LogP) is 1.10. The highest BCUT2D eigenvalue weighted by molar-refractivity contribution is 7.07. The van der Waals surface area contributed by atoms with E-state index in [1.54, 1.807) is 37.3 Å². The van der Waals surface area contributed by atoms with Crippen molar-refractivity contribution in [3.63, 3.8) is 0 Å². The third-order valence-corrected chi connectivity index (χ3v) is 3.96. The van der Waals surface area contributed by atoms with Gasteiger partial charge < -0.3 is 0 Å². The molecule has 0 saturated heterocycles. The summed E-state index contributed by atoms with van der Waals surface area (Å²) in [5.74, 6) is -0.352. The molecule has 0 bridgehead atoms. The summed E-state index contributed by atoms with van der Waals surface area (Å²) in [6.45, 7) is 2.14. The van der Waals surface area contributed by atoms with Crippen LogP contribution < -0.4 is 14.8 Å². The fourth-order valence-corrected chi connectivity index (χ4v) is 2.94.